The Morgan fingerprint density at radius 3 is 2.79 bits per heavy atom. The fraction of sp³-hybridized carbons (Fsp3) is 0.200. The molecule has 0 aliphatic rings. The Morgan fingerprint density at radius 2 is 2.00 bits per heavy atom. The van der Waals surface area contributed by atoms with Crippen molar-refractivity contribution < 1.29 is 9.59 Å². The van der Waals surface area contributed by atoms with Gasteiger partial charge in [0, 0.05) is 18.5 Å². The first-order valence-electron chi connectivity index (χ1n) is 8.61. The highest BCUT2D eigenvalue weighted by atomic mass is 32.2. The van der Waals surface area contributed by atoms with Crippen molar-refractivity contribution >= 4 is 50.8 Å². The number of thioether (sulfide) groups is 1. The van der Waals surface area contributed by atoms with Gasteiger partial charge in [0.1, 0.15) is 0 Å². The molecule has 6 nitrogen and oxygen atoms in total. The minimum Gasteiger partial charge on any atom is -0.352 e. The monoisotopic (exact) mass is 410 g/mol. The molecule has 2 amide bonds. The van der Waals surface area contributed by atoms with Gasteiger partial charge in [-0.3, -0.25) is 9.59 Å². The average Bonchev–Trinajstić information content (AvgIpc) is 3.04. The minimum absolute atomic E-state index is 0.151. The molecule has 8 heteroatoms. The van der Waals surface area contributed by atoms with Gasteiger partial charge in [-0.05, 0) is 29.8 Å². The van der Waals surface area contributed by atoms with Gasteiger partial charge in [0.05, 0.1) is 21.7 Å². The number of benzene rings is 2. The molecule has 0 unspecified atom stereocenters. The highest BCUT2D eigenvalue weighted by molar-refractivity contribution is 8.01. The van der Waals surface area contributed by atoms with Crippen molar-refractivity contribution in [3.05, 3.63) is 53.7 Å². The lowest BCUT2D eigenvalue weighted by Gasteiger charge is -2.06. The van der Waals surface area contributed by atoms with E-state index in [2.05, 4.69) is 21.7 Å². The Bertz CT molecular complexity index is 1060. The summed E-state index contributed by atoms with van der Waals surface area (Å²) in [4.78, 5) is 28.7. The molecule has 142 valence electrons. The van der Waals surface area contributed by atoms with Gasteiger partial charge < -0.3 is 10.6 Å². The van der Waals surface area contributed by atoms with E-state index in [1.807, 2.05) is 43.3 Å². The maximum Gasteiger partial charge on any atom is 0.251 e. The second kappa shape index (κ2) is 9.35. The molecule has 0 saturated heterocycles. The zero-order chi connectivity index (χ0) is 19.9. The molecule has 0 bridgehead atoms. The molecule has 3 aromatic rings. The third kappa shape index (κ3) is 5.09. The summed E-state index contributed by atoms with van der Waals surface area (Å²) in [6.45, 7) is 2.08. The molecule has 1 heterocycles. The van der Waals surface area contributed by atoms with E-state index >= 15 is 0 Å². The largest absolute Gasteiger partial charge is 0.352 e. The zero-order valence-electron chi connectivity index (χ0n) is 15.2. The summed E-state index contributed by atoms with van der Waals surface area (Å²) in [5.41, 5.74) is 1.36. The van der Waals surface area contributed by atoms with Crippen LogP contribution in [0.3, 0.4) is 0 Å². The topological polar surface area (TPSA) is 94.9 Å². The fourth-order valence-electron chi connectivity index (χ4n) is 2.57. The molecule has 1 aromatic heterocycles. The lowest BCUT2D eigenvalue weighted by Crippen LogP contribution is -2.27. The van der Waals surface area contributed by atoms with E-state index in [1.165, 1.54) is 23.1 Å². The van der Waals surface area contributed by atoms with Crippen molar-refractivity contribution in [1.29, 1.82) is 5.26 Å². The molecule has 2 N–H and O–H groups in total. The summed E-state index contributed by atoms with van der Waals surface area (Å²) in [6.07, 6.45) is 0.151. The Hall–Kier alpha value is -2.89. The number of anilines is 1. The van der Waals surface area contributed by atoms with Gasteiger partial charge in [-0.2, -0.15) is 5.26 Å². The Morgan fingerprint density at radius 1 is 1.21 bits per heavy atom. The minimum atomic E-state index is -0.218. The maximum atomic E-state index is 12.3. The second-order valence-corrected chi connectivity index (χ2v) is 8.20. The summed E-state index contributed by atoms with van der Waals surface area (Å²) >= 11 is 2.75. The van der Waals surface area contributed by atoms with Crippen LogP contribution in [0.2, 0.25) is 0 Å². The number of aryl methyl sites for hydroxylation is 1. The van der Waals surface area contributed by atoms with Gasteiger partial charge >= 0.3 is 0 Å². The van der Waals surface area contributed by atoms with Crippen LogP contribution in [0, 0.1) is 18.3 Å². The van der Waals surface area contributed by atoms with E-state index in [0.717, 1.165) is 20.7 Å². The molecule has 0 saturated carbocycles. The molecule has 0 radical (unpaired) electrons. The van der Waals surface area contributed by atoms with Crippen LogP contribution in [0.1, 0.15) is 22.5 Å². The van der Waals surface area contributed by atoms with E-state index in [0.29, 0.717) is 16.4 Å². The quantitative estimate of drug-likeness (QED) is 0.575. The smallest absolute Gasteiger partial charge is 0.251 e. The van der Waals surface area contributed by atoms with Crippen molar-refractivity contribution in [2.45, 2.75) is 17.6 Å². The highest BCUT2D eigenvalue weighted by Gasteiger charge is 2.12. The lowest BCUT2D eigenvalue weighted by atomic mass is 10.1. The fourth-order valence-corrected chi connectivity index (χ4v) is 4.39. The van der Waals surface area contributed by atoms with Gasteiger partial charge in [-0.1, -0.05) is 53.4 Å². The molecule has 0 fully saturated rings. The number of aromatic nitrogens is 1. The van der Waals surface area contributed by atoms with Gasteiger partial charge in [-0.25, -0.2) is 4.98 Å². The van der Waals surface area contributed by atoms with Crippen LogP contribution >= 0.6 is 23.1 Å². The maximum absolute atomic E-state index is 12.3. The molecule has 3 rings (SSSR count). The number of rotatable bonds is 7. The number of thiazole rings is 1. The van der Waals surface area contributed by atoms with Crippen molar-refractivity contribution in [3.8, 4) is 6.07 Å². The van der Waals surface area contributed by atoms with Crippen molar-refractivity contribution in [2.75, 3.05) is 17.6 Å². The van der Waals surface area contributed by atoms with Crippen LogP contribution in [-0.4, -0.2) is 29.1 Å². The average molecular weight is 411 g/mol. The van der Waals surface area contributed by atoms with Crippen molar-refractivity contribution in [2.24, 2.45) is 0 Å². The first-order chi connectivity index (χ1) is 13.6. The molecule has 0 aliphatic heterocycles. The van der Waals surface area contributed by atoms with Crippen molar-refractivity contribution in [3.63, 3.8) is 0 Å². The lowest BCUT2D eigenvalue weighted by molar-refractivity contribution is -0.116. The van der Waals surface area contributed by atoms with Crippen LogP contribution in [0.15, 0.2) is 46.7 Å². The Kier molecular flexibility index (Phi) is 6.63. The van der Waals surface area contributed by atoms with Gasteiger partial charge in [-0.15, -0.1) is 0 Å². The summed E-state index contributed by atoms with van der Waals surface area (Å²) in [6, 6.07) is 15.4. The number of nitrogens with one attached hydrogen (secondary N) is 2. The summed E-state index contributed by atoms with van der Waals surface area (Å²) in [7, 11) is 0. The Labute approximate surface area is 171 Å². The number of nitriles is 1. The highest BCUT2D eigenvalue weighted by Crippen LogP contribution is 2.31. The molecular weight excluding hydrogens is 392 g/mol. The summed E-state index contributed by atoms with van der Waals surface area (Å²) in [5, 5.41) is 16.7. The SMILES string of the molecule is Cc1nc(NC(=O)CCNC(=O)c2ccc3ccccc3c2)sc1SCC#N. The number of amides is 2. The molecule has 0 aliphatic carbocycles. The number of hydrogen-bond acceptors (Lipinski definition) is 6. The standard InChI is InChI=1S/C20H18N4O2S2/c1-13-19(27-11-9-21)28-20(23-13)24-17(25)8-10-22-18(26)16-7-6-14-4-2-3-5-15(14)12-16/h2-7,12H,8,10-11H2,1H3,(H,22,26)(H,23,24,25). The number of carbonyl (C=O) groups is 2. The third-order valence-electron chi connectivity index (χ3n) is 3.92. The molecule has 2 aromatic carbocycles. The van der Waals surface area contributed by atoms with E-state index in [1.54, 1.807) is 6.07 Å². The van der Waals surface area contributed by atoms with E-state index in [4.69, 9.17) is 5.26 Å². The first-order valence-corrected chi connectivity index (χ1v) is 10.4. The Balaban J connectivity index is 1.49. The normalized spacial score (nSPS) is 10.4. The molecule has 0 atom stereocenters. The van der Waals surface area contributed by atoms with Crippen LogP contribution in [-0.2, 0) is 4.79 Å². The first kappa shape index (κ1) is 19.9. The number of hydrogen-bond donors (Lipinski definition) is 2. The van der Waals surface area contributed by atoms with E-state index in [-0.39, 0.29) is 24.8 Å². The van der Waals surface area contributed by atoms with Crippen LogP contribution in [0.4, 0.5) is 5.13 Å². The molecule has 0 spiro atoms. The number of fused-ring (bicyclic) bond motifs is 1. The van der Waals surface area contributed by atoms with Gasteiger partial charge in [0.2, 0.25) is 5.91 Å². The summed E-state index contributed by atoms with van der Waals surface area (Å²) in [5.74, 6) is -0.0831. The number of nitrogens with zero attached hydrogens (tertiary/aromatic N) is 2. The van der Waals surface area contributed by atoms with E-state index in [9.17, 15) is 9.59 Å². The predicted molar refractivity (Wildman–Crippen MR) is 113 cm³/mol. The van der Waals surface area contributed by atoms with Crippen molar-refractivity contribution in [1.82, 2.24) is 10.3 Å². The van der Waals surface area contributed by atoms with Crippen LogP contribution in [0.5, 0.6) is 0 Å². The summed E-state index contributed by atoms with van der Waals surface area (Å²) < 4.78 is 0.918. The van der Waals surface area contributed by atoms with Crippen LogP contribution in [0.25, 0.3) is 10.8 Å². The molecule has 28 heavy (non-hydrogen) atoms. The second-order valence-electron chi connectivity index (χ2n) is 5.95. The predicted octanol–water partition coefficient (Wildman–Crippen LogP) is 3.98. The van der Waals surface area contributed by atoms with Gasteiger partial charge in [0.25, 0.3) is 5.91 Å². The van der Waals surface area contributed by atoms with E-state index < -0.39 is 0 Å². The zero-order valence-corrected chi connectivity index (χ0v) is 16.8. The third-order valence-corrected chi connectivity index (χ3v) is 6.22. The molecular formula is C20H18N4O2S2. The van der Waals surface area contributed by atoms with Gasteiger partial charge in [0.15, 0.2) is 5.13 Å². The van der Waals surface area contributed by atoms with Crippen LogP contribution < -0.4 is 10.6 Å². The number of carbonyl (C=O) groups excluding carboxylic acids is 2.